The van der Waals surface area contributed by atoms with Gasteiger partial charge in [0.15, 0.2) is 0 Å². The maximum absolute atomic E-state index is 13.3. The third kappa shape index (κ3) is 5.72. The van der Waals surface area contributed by atoms with Crippen molar-refractivity contribution in [1.29, 1.82) is 0 Å². The Bertz CT molecular complexity index is 897. The molecular formula is C25H29NO5. The molecule has 31 heavy (non-hydrogen) atoms. The van der Waals surface area contributed by atoms with E-state index in [1.165, 1.54) is 0 Å². The van der Waals surface area contributed by atoms with E-state index in [-0.39, 0.29) is 24.9 Å². The van der Waals surface area contributed by atoms with Gasteiger partial charge in [-0.25, -0.2) is 9.69 Å². The maximum atomic E-state index is 13.3. The van der Waals surface area contributed by atoms with E-state index in [1.54, 1.807) is 6.92 Å². The van der Waals surface area contributed by atoms with E-state index in [0.717, 1.165) is 16.0 Å². The van der Waals surface area contributed by atoms with Crippen molar-refractivity contribution in [2.75, 3.05) is 0 Å². The second-order valence-corrected chi connectivity index (χ2v) is 8.34. The summed E-state index contributed by atoms with van der Waals surface area (Å²) in [5.41, 5.74) is 1.71. The molecule has 1 heterocycles. The Balaban J connectivity index is 1.68. The molecule has 0 aliphatic carbocycles. The van der Waals surface area contributed by atoms with Crippen LogP contribution in [0, 0.1) is 11.8 Å². The van der Waals surface area contributed by atoms with Gasteiger partial charge in [0, 0.05) is 5.92 Å². The Hall–Kier alpha value is -3.15. The SMILES string of the molecule is CC(C)CC(CC(=O)OCc1ccccc1)C(=O)N1C(=O)OC(c2ccccc2)C1C. The summed E-state index contributed by atoms with van der Waals surface area (Å²) in [5.74, 6) is -1.31. The molecule has 0 radical (unpaired) electrons. The molecule has 2 aromatic rings. The molecule has 0 aromatic heterocycles. The molecule has 0 N–H and O–H groups in total. The zero-order valence-electron chi connectivity index (χ0n) is 18.2. The van der Waals surface area contributed by atoms with Crippen molar-refractivity contribution < 1.29 is 23.9 Å². The molecule has 3 rings (SSSR count). The van der Waals surface area contributed by atoms with Crippen LogP contribution in [0.4, 0.5) is 4.79 Å². The molecule has 1 saturated heterocycles. The average molecular weight is 424 g/mol. The van der Waals surface area contributed by atoms with Gasteiger partial charge in [-0.15, -0.1) is 0 Å². The summed E-state index contributed by atoms with van der Waals surface area (Å²) >= 11 is 0. The first-order valence-corrected chi connectivity index (χ1v) is 10.6. The highest BCUT2D eigenvalue weighted by molar-refractivity contribution is 5.96. The molecule has 164 valence electrons. The van der Waals surface area contributed by atoms with Gasteiger partial charge in [0.25, 0.3) is 0 Å². The molecule has 6 nitrogen and oxygen atoms in total. The molecule has 1 aliphatic heterocycles. The van der Waals surface area contributed by atoms with Crippen molar-refractivity contribution in [3.05, 3.63) is 71.8 Å². The fourth-order valence-corrected chi connectivity index (χ4v) is 3.88. The highest BCUT2D eigenvalue weighted by Crippen LogP contribution is 2.34. The van der Waals surface area contributed by atoms with Crippen LogP contribution < -0.4 is 0 Å². The lowest BCUT2D eigenvalue weighted by Crippen LogP contribution is -2.42. The summed E-state index contributed by atoms with van der Waals surface area (Å²) in [4.78, 5) is 39.5. The zero-order valence-corrected chi connectivity index (χ0v) is 18.2. The Kier molecular flexibility index (Phi) is 7.45. The normalized spacial score (nSPS) is 19.2. The van der Waals surface area contributed by atoms with Crippen molar-refractivity contribution >= 4 is 18.0 Å². The number of carbonyl (C=O) groups excluding carboxylic acids is 3. The van der Waals surface area contributed by atoms with E-state index in [9.17, 15) is 14.4 Å². The number of cyclic esters (lactones) is 1. The van der Waals surface area contributed by atoms with E-state index in [2.05, 4.69) is 0 Å². The van der Waals surface area contributed by atoms with E-state index >= 15 is 0 Å². The van der Waals surface area contributed by atoms with Crippen LogP contribution in [0.3, 0.4) is 0 Å². The lowest BCUT2D eigenvalue weighted by atomic mass is 9.92. The Labute approximate surface area is 183 Å². The van der Waals surface area contributed by atoms with Crippen molar-refractivity contribution in [3.8, 4) is 0 Å². The predicted molar refractivity (Wildman–Crippen MR) is 116 cm³/mol. The largest absolute Gasteiger partial charge is 0.461 e. The highest BCUT2D eigenvalue weighted by Gasteiger charge is 2.45. The minimum absolute atomic E-state index is 0.0731. The number of rotatable bonds is 8. The van der Waals surface area contributed by atoms with Crippen LogP contribution in [0.15, 0.2) is 60.7 Å². The van der Waals surface area contributed by atoms with Crippen molar-refractivity contribution in [1.82, 2.24) is 4.90 Å². The number of hydrogen-bond donors (Lipinski definition) is 0. The first-order valence-electron chi connectivity index (χ1n) is 10.6. The van der Waals surface area contributed by atoms with Crippen LogP contribution in [0.1, 0.15) is 50.8 Å². The summed E-state index contributed by atoms with van der Waals surface area (Å²) in [6.07, 6.45) is -0.789. The third-order valence-corrected chi connectivity index (χ3v) is 5.40. The monoisotopic (exact) mass is 423 g/mol. The summed E-state index contributed by atoms with van der Waals surface area (Å²) in [5, 5.41) is 0. The number of esters is 1. The van der Waals surface area contributed by atoms with Gasteiger partial charge in [0.1, 0.15) is 12.7 Å². The number of carbonyl (C=O) groups is 3. The molecule has 0 saturated carbocycles. The molecule has 3 atom stereocenters. The maximum Gasteiger partial charge on any atom is 0.417 e. The van der Waals surface area contributed by atoms with Crippen LogP contribution >= 0.6 is 0 Å². The number of nitrogens with zero attached hydrogens (tertiary/aromatic N) is 1. The van der Waals surface area contributed by atoms with E-state index in [0.29, 0.717) is 6.42 Å². The third-order valence-electron chi connectivity index (χ3n) is 5.40. The minimum atomic E-state index is -0.669. The van der Waals surface area contributed by atoms with Crippen molar-refractivity contribution in [3.63, 3.8) is 0 Å². The number of ether oxygens (including phenoxy) is 2. The number of hydrogen-bond acceptors (Lipinski definition) is 5. The second-order valence-electron chi connectivity index (χ2n) is 8.34. The van der Waals surface area contributed by atoms with Gasteiger partial charge < -0.3 is 9.47 Å². The number of imide groups is 1. The van der Waals surface area contributed by atoms with Gasteiger partial charge in [-0.05, 0) is 30.4 Å². The zero-order chi connectivity index (χ0) is 22.4. The van der Waals surface area contributed by atoms with Gasteiger partial charge in [-0.2, -0.15) is 0 Å². The minimum Gasteiger partial charge on any atom is -0.461 e. The molecular weight excluding hydrogens is 394 g/mol. The Morgan fingerprint density at radius 2 is 1.65 bits per heavy atom. The van der Waals surface area contributed by atoms with Crippen LogP contribution in [-0.4, -0.2) is 28.9 Å². The fraction of sp³-hybridized carbons (Fsp3) is 0.400. The van der Waals surface area contributed by atoms with Crippen LogP contribution in [-0.2, 0) is 25.7 Å². The van der Waals surface area contributed by atoms with Gasteiger partial charge in [0.2, 0.25) is 5.91 Å². The lowest BCUT2D eigenvalue weighted by Gasteiger charge is -2.25. The topological polar surface area (TPSA) is 72.9 Å². The first kappa shape index (κ1) is 22.5. The molecule has 1 aliphatic rings. The molecule has 2 aromatic carbocycles. The van der Waals surface area contributed by atoms with Crippen molar-refractivity contribution in [2.24, 2.45) is 11.8 Å². The fourth-order valence-electron chi connectivity index (χ4n) is 3.88. The highest BCUT2D eigenvalue weighted by atomic mass is 16.6. The lowest BCUT2D eigenvalue weighted by molar-refractivity contribution is -0.150. The van der Waals surface area contributed by atoms with E-state index < -0.39 is 30.1 Å². The van der Waals surface area contributed by atoms with Gasteiger partial charge in [-0.1, -0.05) is 74.5 Å². The molecule has 3 unspecified atom stereocenters. The van der Waals surface area contributed by atoms with Crippen LogP contribution in [0.25, 0.3) is 0 Å². The first-order chi connectivity index (χ1) is 14.9. The Morgan fingerprint density at radius 3 is 2.26 bits per heavy atom. The van der Waals surface area contributed by atoms with E-state index in [4.69, 9.17) is 9.47 Å². The second kappa shape index (κ2) is 10.2. The van der Waals surface area contributed by atoms with Crippen LogP contribution in [0.2, 0.25) is 0 Å². The van der Waals surface area contributed by atoms with Crippen LogP contribution in [0.5, 0.6) is 0 Å². The van der Waals surface area contributed by atoms with Gasteiger partial charge in [-0.3, -0.25) is 9.59 Å². The molecule has 6 heteroatoms. The molecule has 0 bridgehead atoms. The smallest absolute Gasteiger partial charge is 0.417 e. The summed E-state index contributed by atoms with van der Waals surface area (Å²) < 4.78 is 10.9. The molecule has 2 amide bonds. The summed E-state index contributed by atoms with van der Waals surface area (Å²) in [7, 11) is 0. The quantitative estimate of drug-likeness (QED) is 0.565. The standard InChI is InChI=1S/C25H29NO5/c1-17(2)14-21(15-22(27)30-16-19-10-6-4-7-11-19)24(28)26-18(3)23(31-25(26)29)20-12-8-5-9-13-20/h4-13,17-18,21,23H,14-16H2,1-3H3. The Morgan fingerprint density at radius 1 is 1.03 bits per heavy atom. The van der Waals surface area contributed by atoms with Gasteiger partial charge >= 0.3 is 12.1 Å². The van der Waals surface area contributed by atoms with Gasteiger partial charge in [0.05, 0.1) is 12.5 Å². The van der Waals surface area contributed by atoms with E-state index in [1.807, 2.05) is 74.5 Å². The predicted octanol–water partition coefficient (Wildman–Crippen LogP) is 4.89. The number of amides is 2. The summed E-state index contributed by atoms with van der Waals surface area (Å²) in [6.45, 7) is 5.91. The summed E-state index contributed by atoms with van der Waals surface area (Å²) in [6, 6.07) is 18.3. The molecule has 1 fully saturated rings. The van der Waals surface area contributed by atoms with Crippen molar-refractivity contribution in [2.45, 2.75) is 52.4 Å². The number of benzene rings is 2. The molecule has 0 spiro atoms. The average Bonchev–Trinajstić information content (AvgIpc) is 3.06.